The van der Waals surface area contributed by atoms with Crippen LogP contribution in [0, 0.1) is 5.92 Å². The quantitative estimate of drug-likeness (QED) is 0.751. The molecule has 1 aromatic rings. The minimum atomic E-state index is -0.764. The zero-order valence-electron chi connectivity index (χ0n) is 8.06. The van der Waals surface area contributed by atoms with Crippen LogP contribution in [-0.2, 0) is 12.6 Å². The van der Waals surface area contributed by atoms with E-state index in [4.69, 9.17) is 0 Å². The number of hydrogen-bond acceptors (Lipinski definition) is 3. The molecule has 0 saturated heterocycles. The molecule has 4 heteroatoms. The van der Waals surface area contributed by atoms with E-state index in [1.807, 2.05) is 14.0 Å². The third kappa shape index (κ3) is 1.72. The number of rotatable bonds is 3. The van der Waals surface area contributed by atoms with Gasteiger partial charge in [0.1, 0.15) is 5.60 Å². The Kier molecular flexibility index (Phi) is 1.87. The second kappa shape index (κ2) is 2.80. The van der Waals surface area contributed by atoms with Crippen LogP contribution in [0.4, 0.5) is 0 Å². The smallest absolute Gasteiger partial charge is 0.105 e. The van der Waals surface area contributed by atoms with Gasteiger partial charge in [-0.3, -0.25) is 0 Å². The third-order valence-corrected chi connectivity index (χ3v) is 2.65. The predicted molar refractivity (Wildman–Crippen MR) is 47.9 cm³/mol. The molecule has 0 spiro atoms. The van der Waals surface area contributed by atoms with Crippen LogP contribution in [0.1, 0.15) is 31.9 Å². The zero-order chi connectivity index (χ0) is 9.47. The highest BCUT2D eigenvalue weighted by molar-refractivity contribution is 5.07. The summed E-state index contributed by atoms with van der Waals surface area (Å²) in [7, 11) is 1.81. The van der Waals surface area contributed by atoms with Gasteiger partial charge in [0, 0.05) is 7.05 Å². The van der Waals surface area contributed by atoms with Crippen LogP contribution in [0.5, 0.6) is 0 Å². The van der Waals surface area contributed by atoms with Gasteiger partial charge in [-0.25, -0.2) is 4.68 Å². The third-order valence-electron chi connectivity index (χ3n) is 2.65. The van der Waals surface area contributed by atoms with Gasteiger partial charge < -0.3 is 5.11 Å². The van der Waals surface area contributed by atoms with Crippen LogP contribution >= 0.6 is 0 Å². The molecule has 4 nitrogen and oxygen atoms in total. The summed E-state index contributed by atoms with van der Waals surface area (Å²) in [6.07, 6.45) is 4.97. The molecule has 0 radical (unpaired) electrons. The van der Waals surface area contributed by atoms with E-state index in [1.54, 1.807) is 10.9 Å². The van der Waals surface area contributed by atoms with E-state index >= 15 is 0 Å². The molecule has 1 atom stereocenters. The van der Waals surface area contributed by atoms with Crippen LogP contribution in [0.15, 0.2) is 6.20 Å². The monoisotopic (exact) mass is 181 g/mol. The average molecular weight is 181 g/mol. The van der Waals surface area contributed by atoms with Gasteiger partial charge in [-0.15, -0.1) is 5.10 Å². The van der Waals surface area contributed by atoms with Crippen LogP contribution < -0.4 is 0 Å². The first-order valence-electron chi connectivity index (χ1n) is 4.67. The Morgan fingerprint density at radius 2 is 2.38 bits per heavy atom. The summed E-state index contributed by atoms with van der Waals surface area (Å²) in [6.45, 7) is 1.84. The minimum absolute atomic E-state index is 0.699. The summed E-state index contributed by atoms with van der Waals surface area (Å²) in [5, 5.41) is 17.8. The first kappa shape index (κ1) is 8.69. The lowest BCUT2D eigenvalue weighted by Gasteiger charge is -2.22. The van der Waals surface area contributed by atoms with Crippen LogP contribution in [0.2, 0.25) is 0 Å². The Labute approximate surface area is 77.6 Å². The van der Waals surface area contributed by atoms with Crippen LogP contribution in [0.25, 0.3) is 0 Å². The SMILES string of the molecule is Cn1nncc1C(C)(O)CC1CC1. The topological polar surface area (TPSA) is 50.9 Å². The van der Waals surface area contributed by atoms with E-state index in [0.29, 0.717) is 5.92 Å². The molecule has 1 aromatic heterocycles. The molecule has 0 aromatic carbocycles. The Bertz CT molecular complexity index is 302. The maximum Gasteiger partial charge on any atom is 0.105 e. The van der Waals surface area contributed by atoms with Crippen LogP contribution in [0.3, 0.4) is 0 Å². The second-order valence-corrected chi connectivity index (χ2v) is 4.16. The summed E-state index contributed by atoms with van der Waals surface area (Å²) in [5.41, 5.74) is 0.0405. The molecular weight excluding hydrogens is 166 g/mol. The molecule has 1 heterocycles. The van der Waals surface area contributed by atoms with E-state index in [-0.39, 0.29) is 0 Å². The van der Waals surface area contributed by atoms with Gasteiger partial charge in [-0.1, -0.05) is 18.1 Å². The summed E-state index contributed by atoms with van der Waals surface area (Å²) in [5.74, 6) is 0.699. The fraction of sp³-hybridized carbons (Fsp3) is 0.778. The van der Waals surface area contributed by atoms with Gasteiger partial charge in [0.05, 0.1) is 11.9 Å². The molecule has 1 unspecified atom stereocenters. The fourth-order valence-electron chi connectivity index (χ4n) is 1.77. The molecule has 1 N–H and O–H groups in total. The lowest BCUT2D eigenvalue weighted by molar-refractivity contribution is 0.0335. The fourth-order valence-corrected chi connectivity index (χ4v) is 1.77. The van der Waals surface area contributed by atoms with E-state index < -0.39 is 5.60 Å². The number of aliphatic hydroxyl groups is 1. The first-order chi connectivity index (χ1) is 6.09. The molecule has 0 amide bonds. The van der Waals surface area contributed by atoms with Gasteiger partial charge >= 0.3 is 0 Å². The molecule has 13 heavy (non-hydrogen) atoms. The van der Waals surface area contributed by atoms with Crippen molar-refractivity contribution in [1.29, 1.82) is 0 Å². The highest BCUT2D eigenvalue weighted by Gasteiger charge is 2.34. The normalized spacial score (nSPS) is 21.5. The molecule has 1 fully saturated rings. The maximum atomic E-state index is 10.2. The van der Waals surface area contributed by atoms with E-state index in [0.717, 1.165) is 12.1 Å². The summed E-state index contributed by atoms with van der Waals surface area (Å²) >= 11 is 0. The van der Waals surface area contributed by atoms with Crippen molar-refractivity contribution < 1.29 is 5.11 Å². The number of nitrogens with zero attached hydrogens (tertiary/aromatic N) is 3. The molecule has 1 aliphatic rings. The maximum absolute atomic E-state index is 10.2. The number of aromatic nitrogens is 3. The highest BCUT2D eigenvalue weighted by Crippen LogP contribution is 2.40. The molecule has 72 valence electrons. The minimum Gasteiger partial charge on any atom is -0.384 e. The van der Waals surface area contributed by atoms with Crippen molar-refractivity contribution in [3.05, 3.63) is 11.9 Å². The van der Waals surface area contributed by atoms with Crippen molar-refractivity contribution >= 4 is 0 Å². The molecular formula is C9H15N3O. The van der Waals surface area contributed by atoms with Gasteiger partial charge in [0.15, 0.2) is 0 Å². The Balaban J connectivity index is 2.17. The van der Waals surface area contributed by atoms with E-state index in [1.165, 1.54) is 12.8 Å². The van der Waals surface area contributed by atoms with Crippen molar-refractivity contribution in [2.75, 3.05) is 0 Å². The van der Waals surface area contributed by atoms with E-state index in [9.17, 15) is 5.11 Å². The summed E-state index contributed by atoms with van der Waals surface area (Å²) < 4.78 is 1.64. The second-order valence-electron chi connectivity index (χ2n) is 4.16. The molecule has 0 bridgehead atoms. The Hall–Kier alpha value is -0.900. The number of aryl methyl sites for hydroxylation is 1. The van der Waals surface area contributed by atoms with Crippen molar-refractivity contribution in [2.24, 2.45) is 13.0 Å². The average Bonchev–Trinajstić information content (AvgIpc) is 2.69. The molecule has 0 aliphatic heterocycles. The van der Waals surface area contributed by atoms with Crippen molar-refractivity contribution in [2.45, 2.75) is 31.8 Å². The summed E-state index contributed by atoms with van der Waals surface area (Å²) in [6, 6.07) is 0. The largest absolute Gasteiger partial charge is 0.384 e. The standard InChI is InChI=1S/C9H15N3O/c1-9(13,5-7-3-4-7)8-6-10-11-12(8)2/h6-7,13H,3-5H2,1-2H3. The molecule has 2 rings (SSSR count). The highest BCUT2D eigenvalue weighted by atomic mass is 16.3. The zero-order valence-corrected chi connectivity index (χ0v) is 8.06. The van der Waals surface area contributed by atoms with Gasteiger partial charge in [-0.2, -0.15) is 0 Å². The van der Waals surface area contributed by atoms with Crippen molar-refractivity contribution in [3.63, 3.8) is 0 Å². The lowest BCUT2D eigenvalue weighted by atomic mass is 9.96. The van der Waals surface area contributed by atoms with Gasteiger partial charge in [0.2, 0.25) is 0 Å². The number of hydrogen-bond donors (Lipinski definition) is 1. The van der Waals surface area contributed by atoms with Crippen molar-refractivity contribution in [3.8, 4) is 0 Å². The van der Waals surface area contributed by atoms with E-state index in [2.05, 4.69) is 10.3 Å². The predicted octanol–water partition coefficient (Wildman–Crippen LogP) is 0.823. The lowest BCUT2D eigenvalue weighted by Crippen LogP contribution is -2.25. The molecule has 1 aliphatic carbocycles. The van der Waals surface area contributed by atoms with Crippen LogP contribution in [-0.4, -0.2) is 20.1 Å². The van der Waals surface area contributed by atoms with Crippen molar-refractivity contribution in [1.82, 2.24) is 15.0 Å². The summed E-state index contributed by atoms with van der Waals surface area (Å²) in [4.78, 5) is 0. The molecule has 1 saturated carbocycles. The van der Waals surface area contributed by atoms with Gasteiger partial charge in [-0.05, 0) is 19.3 Å². The first-order valence-corrected chi connectivity index (χ1v) is 4.67. The van der Waals surface area contributed by atoms with Gasteiger partial charge in [0.25, 0.3) is 0 Å². The Morgan fingerprint density at radius 1 is 1.69 bits per heavy atom. The Morgan fingerprint density at radius 3 is 2.85 bits per heavy atom.